The van der Waals surface area contributed by atoms with E-state index in [-0.39, 0.29) is 12.2 Å². The van der Waals surface area contributed by atoms with Crippen molar-refractivity contribution in [3.8, 4) is 5.75 Å². The third-order valence-electron chi connectivity index (χ3n) is 4.23. The van der Waals surface area contributed by atoms with Crippen LogP contribution in [-0.4, -0.2) is 17.9 Å². The number of aryl methyl sites for hydroxylation is 1. The molecule has 0 aromatic heterocycles. The van der Waals surface area contributed by atoms with E-state index in [0.29, 0.717) is 5.56 Å². The van der Waals surface area contributed by atoms with E-state index in [9.17, 15) is 24.6 Å². The summed E-state index contributed by atoms with van der Waals surface area (Å²) in [6.45, 7) is 5.13. The number of carbonyl (C=O) groups excluding carboxylic acids is 3. The van der Waals surface area contributed by atoms with Crippen LogP contribution in [0.5, 0.6) is 5.75 Å². The van der Waals surface area contributed by atoms with Crippen molar-refractivity contribution < 1.29 is 29.3 Å². The molecule has 0 aliphatic heterocycles. The number of hydrogen-bond acceptors (Lipinski definition) is 6. The lowest BCUT2D eigenvalue weighted by atomic mass is 9.73. The van der Waals surface area contributed by atoms with Crippen LogP contribution in [0.4, 0.5) is 0 Å². The quantitative estimate of drug-likeness (QED) is 0.384. The number of aliphatic carboxylic acids is 2. The van der Waals surface area contributed by atoms with Crippen LogP contribution >= 0.6 is 0 Å². The molecular weight excluding hydrogens is 348 g/mol. The molecule has 6 heteroatoms. The van der Waals surface area contributed by atoms with Gasteiger partial charge in [0.15, 0.2) is 0 Å². The van der Waals surface area contributed by atoms with Crippen molar-refractivity contribution in [2.75, 3.05) is 0 Å². The van der Waals surface area contributed by atoms with Crippen molar-refractivity contribution in [2.24, 2.45) is 5.41 Å². The second kappa shape index (κ2) is 8.31. The summed E-state index contributed by atoms with van der Waals surface area (Å²) in [5.74, 6) is -4.19. The molecule has 2 aromatic carbocycles. The van der Waals surface area contributed by atoms with Crippen molar-refractivity contribution in [1.29, 1.82) is 0 Å². The minimum Gasteiger partial charge on any atom is -0.549 e. The molecule has 0 radical (unpaired) electrons. The average molecular weight is 366 g/mol. The Morgan fingerprint density at radius 3 is 2.26 bits per heavy atom. The molecular formula is C21H18O6-2. The van der Waals surface area contributed by atoms with E-state index >= 15 is 0 Å². The minimum absolute atomic E-state index is 0.228. The molecule has 2 aromatic rings. The zero-order chi connectivity index (χ0) is 20.0. The van der Waals surface area contributed by atoms with Gasteiger partial charge in [-0.25, -0.2) is 0 Å². The molecule has 0 amide bonds. The van der Waals surface area contributed by atoms with Gasteiger partial charge in [0.2, 0.25) is 0 Å². The highest BCUT2D eigenvalue weighted by Crippen LogP contribution is 2.35. The van der Waals surface area contributed by atoms with Gasteiger partial charge in [-0.05, 0) is 42.2 Å². The number of esters is 1. The molecule has 1 atom stereocenters. The second-order valence-corrected chi connectivity index (χ2v) is 6.27. The predicted molar refractivity (Wildman–Crippen MR) is 93.2 cm³/mol. The van der Waals surface area contributed by atoms with Crippen LogP contribution in [0.25, 0.3) is 0 Å². The molecule has 0 heterocycles. The van der Waals surface area contributed by atoms with E-state index in [2.05, 4.69) is 6.58 Å². The molecule has 0 N–H and O–H groups in total. The smallest absolute Gasteiger partial charge is 0.312 e. The molecule has 2 rings (SSSR count). The molecule has 0 saturated carbocycles. The maximum Gasteiger partial charge on any atom is 0.312 e. The highest BCUT2D eigenvalue weighted by Gasteiger charge is 2.39. The number of hydrogen-bond donors (Lipinski definition) is 0. The summed E-state index contributed by atoms with van der Waals surface area (Å²) in [6, 6.07) is 14.9. The number of benzene rings is 2. The molecule has 27 heavy (non-hydrogen) atoms. The first-order valence-electron chi connectivity index (χ1n) is 8.18. The van der Waals surface area contributed by atoms with Crippen LogP contribution in [0.2, 0.25) is 0 Å². The predicted octanol–water partition coefficient (Wildman–Crippen LogP) is 0.576. The molecule has 0 aliphatic rings. The first kappa shape index (κ1) is 19.9. The van der Waals surface area contributed by atoms with Gasteiger partial charge in [-0.15, -0.1) is 0 Å². The second-order valence-electron chi connectivity index (χ2n) is 6.27. The Morgan fingerprint density at radius 2 is 1.70 bits per heavy atom. The fraction of sp³-hybridized carbons (Fsp3) is 0.190. The van der Waals surface area contributed by atoms with Crippen LogP contribution in [0.1, 0.15) is 17.5 Å². The fourth-order valence-corrected chi connectivity index (χ4v) is 2.78. The van der Waals surface area contributed by atoms with E-state index in [1.54, 1.807) is 55.5 Å². The summed E-state index contributed by atoms with van der Waals surface area (Å²) >= 11 is 0. The fourth-order valence-electron chi connectivity index (χ4n) is 2.78. The summed E-state index contributed by atoms with van der Waals surface area (Å²) in [5, 5.41) is 23.3. The average Bonchev–Trinajstić information content (AvgIpc) is 2.61. The zero-order valence-electron chi connectivity index (χ0n) is 14.8. The van der Waals surface area contributed by atoms with Crippen LogP contribution in [0, 0.1) is 12.3 Å². The first-order valence-corrected chi connectivity index (χ1v) is 8.18. The normalized spacial score (nSPS) is 12.6. The zero-order valence-corrected chi connectivity index (χ0v) is 14.8. The van der Waals surface area contributed by atoms with E-state index in [0.717, 1.165) is 5.56 Å². The monoisotopic (exact) mass is 366 g/mol. The number of carboxylic acids is 2. The lowest BCUT2D eigenvalue weighted by Gasteiger charge is -2.36. The molecule has 140 valence electrons. The Labute approximate surface area is 156 Å². The third-order valence-corrected chi connectivity index (χ3v) is 4.23. The molecule has 0 aliphatic carbocycles. The van der Waals surface area contributed by atoms with Gasteiger partial charge in [0, 0.05) is 0 Å². The Kier molecular flexibility index (Phi) is 6.13. The van der Waals surface area contributed by atoms with E-state index in [1.807, 2.05) is 0 Å². The lowest BCUT2D eigenvalue weighted by Crippen LogP contribution is -2.50. The maximum absolute atomic E-state index is 12.4. The largest absolute Gasteiger partial charge is 0.549 e. The van der Waals surface area contributed by atoms with Crippen molar-refractivity contribution in [1.82, 2.24) is 0 Å². The third kappa shape index (κ3) is 4.82. The van der Waals surface area contributed by atoms with Crippen molar-refractivity contribution in [3.05, 3.63) is 77.9 Å². The van der Waals surface area contributed by atoms with Gasteiger partial charge in [-0.3, -0.25) is 4.79 Å². The molecule has 1 unspecified atom stereocenters. The molecule has 0 bridgehead atoms. The van der Waals surface area contributed by atoms with E-state index < -0.39 is 35.3 Å². The Bertz CT molecular complexity index is 871. The number of carboxylic acid groups (broad SMARTS) is 2. The van der Waals surface area contributed by atoms with Gasteiger partial charge in [-0.2, -0.15) is 0 Å². The Hall–Kier alpha value is -3.41. The highest BCUT2D eigenvalue weighted by molar-refractivity contribution is 5.97. The number of carbonyl (C=O) groups is 3. The Balaban J connectivity index is 2.35. The van der Waals surface area contributed by atoms with Crippen LogP contribution < -0.4 is 14.9 Å². The standard InChI is InChI=1S/C21H20O6/c1-14-7-6-10-17(11-14)27-18(22)13-21(20(25)26,15(2)19(23)24)12-16-8-4-3-5-9-16/h3-11H,2,12-13H2,1H3,(H,23,24)(H,25,26)/p-2. The number of rotatable bonds is 8. The summed E-state index contributed by atoms with van der Waals surface area (Å²) in [7, 11) is 0. The Morgan fingerprint density at radius 1 is 1.04 bits per heavy atom. The first-order chi connectivity index (χ1) is 12.7. The molecule has 0 fully saturated rings. The molecule has 6 nitrogen and oxygen atoms in total. The molecule has 0 saturated heterocycles. The maximum atomic E-state index is 12.4. The van der Waals surface area contributed by atoms with Gasteiger partial charge in [0.05, 0.1) is 23.8 Å². The molecule has 0 spiro atoms. The van der Waals surface area contributed by atoms with Crippen molar-refractivity contribution in [2.45, 2.75) is 19.8 Å². The van der Waals surface area contributed by atoms with Gasteiger partial charge in [-0.1, -0.05) is 49.0 Å². The minimum atomic E-state index is -2.19. The van der Waals surface area contributed by atoms with Crippen LogP contribution in [-0.2, 0) is 20.8 Å². The van der Waals surface area contributed by atoms with Gasteiger partial charge in [0.1, 0.15) is 5.75 Å². The lowest BCUT2D eigenvalue weighted by molar-refractivity contribution is -0.322. The topological polar surface area (TPSA) is 107 Å². The van der Waals surface area contributed by atoms with Gasteiger partial charge < -0.3 is 24.5 Å². The van der Waals surface area contributed by atoms with Crippen molar-refractivity contribution in [3.63, 3.8) is 0 Å². The highest BCUT2D eigenvalue weighted by atomic mass is 16.5. The van der Waals surface area contributed by atoms with E-state index in [4.69, 9.17) is 4.74 Å². The van der Waals surface area contributed by atoms with Crippen LogP contribution in [0.3, 0.4) is 0 Å². The van der Waals surface area contributed by atoms with Crippen LogP contribution in [0.15, 0.2) is 66.7 Å². The van der Waals surface area contributed by atoms with Crippen molar-refractivity contribution >= 4 is 17.9 Å². The van der Waals surface area contributed by atoms with E-state index in [1.165, 1.54) is 6.07 Å². The summed E-state index contributed by atoms with van der Waals surface area (Å²) < 4.78 is 5.18. The summed E-state index contributed by atoms with van der Waals surface area (Å²) in [6.07, 6.45) is -1.06. The van der Waals surface area contributed by atoms with Gasteiger partial charge in [0.25, 0.3) is 0 Å². The number of ether oxygens (including phenoxy) is 1. The SMILES string of the molecule is C=C(C(=O)[O-])C(CC(=O)Oc1cccc(C)c1)(Cc1ccccc1)C(=O)[O-]. The van der Waals surface area contributed by atoms with Gasteiger partial charge >= 0.3 is 5.97 Å². The summed E-state index contributed by atoms with van der Waals surface area (Å²) in [5.41, 5.74) is -1.59. The summed E-state index contributed by atoms with van der Waals surface area (Å²) in [4.78, 5) is 35.7.